The lowest BCUT2D eigenvalue weighted by molar-refractivity contribution is -0.350. The second kappa shape index (κ2) is 39.2. The summed E-state index contributed by atoms with van der Waals surface area (Å²) in [6.07, 6.45) is -29.9. The van der Waals surface area contributed by atoms with Crippen LogP contribution in [0.2, 0.25) is 15.1 Å². The van der Waals surface area contributed by atoms with Crippen LogP contribution in [0.25, 0.3) is 11.1 Å². The number of nitrogens with two attached hydrogens (primary N) is 2. The molecule has 23 atom stereocenters. The van der Waals surface area contributed by atoms with Gasteiger partial charge in [0.1, 0.15) is 124 Å². The van der Waals surface area contributed by atoms with Gasteiger partial charge in [0.2, 0.25) is 63.2 Å². The first-order valence-corrected chi connectivity index (χ1v) is 43.4. The summed E-state index contributed by atoms with van der Waals surface area (Å²) < 4.78 is 78.0. The number of hydrogen-bond donors (Lipinski definition) is 22. The molecule has 8 aliphatic heterocycles. The molecule has 7 aromatic rings. The number of benzene rings is 6. The van der Waals surface area contributed by atoms with E-state index in [0.29, 0.717) is 9.90 Å². The summed E-state index contributed by atoms with van der Waals surface area (Å²) in [6, 6.07) is 7.17. The van der Waals surface area contributed by atoms with Gasteiger partial charge in [-0.25, -0.2) is 13.2 Å². The van der Waals surface area contributed by atoms with E-state index in [1.54, 1.807) is 13.8 Å². The Hall–Kier alpha value is -10.2. The molecular weight excluding hydrogens is 1790 g/mol. The highest BCUT2D eigenvalue weighted by Gasteiger charge is 2.53. The number of hydrogen-bond acceptors (Lipinski definition) is 33. The number of ether oxygens (including phenoxy) is 8. The number of aromatic hydroxyl groups is 3. The van der Waals surface area contributed by atoms with Crippen molar-refractivity contribution in [1.82, 2.24) is 42.5 Å². The Kier molecular flexibility index (Phi) is 29.2. The fourth-order valence-corrected chi connectivity index (χ4v) is 19.0. The molecule has 688 valence electrons. The molecule has 8 aliphatic rings. The van der Waals surface area contributed by atoms with Crippen LogP contribution in [0.15, 0.2) is 124 Å². The number of aliphatic hydroxyl groups is 8. The smallest absolute Gasteiger partial charge is 0.330 e. The molecule has 45 heteroatoms. The zero-order valence-corrected chi connectivity index (χ0v) is 72.2. The average molecular weight is 1880 g/mol. The molecule has 6 aromatic carbocycles. The number of likely N-dealkylation sites (N-methyl/N-ethyl adjacent to an activating group) is 1. The van der Waals surface area contributed by atoms with E-state index in [0.717, 1.165) is 78.1 Å². The van der Waals surface area contributed by atoms with Crippen LogP contribution in [-0.4, -0.2) is 247 Å². The minimum Gasteiger partial charge on any atom is -0.508 e. The third kappa shape index (κ3) is 20.5. The van der Waals surface area contributed by atoms with Crippen molar-refractivity contribution >= 4 is 103 Å². The third-order valence-corrected chi connectivity index (χ3v) is 26.6. The first-order valence-electron chi connectivity index (χ1n) is 40.0. The number of fused-ring (bicyclic) bond motifs is 15. The molecule has 128 heavy (non-hydrogen) atoms. The van der Waals surface area contributed by atoms with Gasteiger partial charge in [0, 0.05) is 57.7 Å². The Labute approximate surface area is 747 Å². The summed E-state index contributed by atoms with van der Waals surface area (Å²) in [6.45, 7) is 5.00. The molecule has 9 heterocycles. The number of carboxylic acids is 1. The van der Waals surface area contributed by atoms with E-state index in [2.05, 4.69) is 42.5 Å². The molecule has 0 aliphatic carbocycles. The van der Waals surface area contributed by atoms with Crippen LogP contribution in [0.5, 0.6) is 46.0 Å². The number of carboxylic acid groups (broad SMARTS) is 1. The quantitative estimate of drug-likeness (QED) is 0.0482. The van der Waals surface area contributed by atoms with Crippen LogP contribution in [0.1, 0.15) is 110 Å². The lowest BCUT2D eigenvalue weighted by Crippen LogP contribution is -2.65. The number of thiophene rings is 1. The monoisotopic (exact) mass is 1880 g/mol. The summed E-state index contributed by atoms with van der Waals surface area (Å²) in [7, 11) is -2.52. The molecule has 0 spiro atoms. The van der Waals surface area contributed by atoms with E-state index in [9.17, 15) is 84.1 Å². The minimum absolute atomic E-state index is 0.00968. The Bertz CT molecular complexity index is 5510. The van der Waals surface area contributed by atoms with Crippen molar-refractivity contribution in [3.05, 3.63) is 163 Å². The van der Waals surface area contributed by atoms with Crippen molar-refractivity contribution in [2.24, 2.45) is 17.4 Å². The molecule has 0 radical (unpaired) electrons. The molecule has 11 bridgehead atoms. The van der Waals surface area contributed by atoms with Gasteiger partial charge < -0.3 is 153 Å². The van der Waals surface area contributed by atoms with Crippen molar-refractivity contribution < 1.29 is 146 Å². The first kappa shape index (κ1) is 95.3. The van der Waals surface area contributed by atoms with Gasteiger partial charge in [-0.15, -0.1) is 11.3 Å². The van der Waals surface area contributed by atoms with Gasteiger partial charge in [-0.3, -0.25) is 33.6 Å². The number of halogens is 3. The number of aliphatic hydroxyl groups excluding tert-OH is 8. The van der Waals surface area contributed by atoms with Gasteiger partial charge in [0.05, 0.1) is 46.2 Å². The number of amides is 7. The summed E-state index contributed by atoms with van der Waals surface area (Å²) >= 11 is 21.4. The third-order valence-electron chi connectivity index (χ3n) is 22.4. The van der Waals surface area contributed by atoms with Gasteiger partial charge in [0.15, 0.2) is 30.1 Å². The zero-order valence-electron chi connectivity index (χ0n) is 68.3. The molecule has 7 amide bonds. The van der Waals surface area contributed by atoms with E-state index in [4.69, 9.17) is 84.2 Å². The van der Waals surface area contributed by atoms with Crippen molar-refractivity contribution in [3.8, 4) is 57.1 Å². The highest BCUT2D eigenvalue weighted by molar-refractivity contribution is 7.93. The fourth-order valence-electron chi connectivity index (χ4n) is 15.7. The van der Waals surface area contributed by atoms with Crippen molar-refractivity contribution in [2.45, 2.75) is 203 Å². The normalized spacial score (nSPS) is 29.5. The Morgan fingerprint density at radius 1 is 0.664 bits per heavy atom. The number of nitrogens with one attached hydrogen (secondary N) is 8. The van der Waals surface area contributed by atoms with Crippen molar-refractivity contribution in [2.75, 3.05) is 20.2 Å². The topological polar surface area (TPSA) is 636 Å². The van der Waals surface area contributed by atoms with E-state index in [1.807, 2.05) is 0 Å². The number of aliphatic carboxylic acids is 1. The van der Waals surface area contributed by atoms with Crippen LogP contribution in [0, 0.1) is 5.92 Å². The molecule has 15 rings (SSSR count). The summed E-state index contributed by atoms with van der Waals surface area (Å²) in [4.78, 5) is 121. The summed E-state index contributed by atoms with van der Waals surface area (Å²) in [5, 5.41) is 159. The Morgan fingerprint density at radius 3 is 1.92 bits per heavy atom. The number of rotatable bonds is 21. The van der Waals surface area contributed by atoms with Crippen LogP contribution in [0.4, 0.5) is 0 Å². The summed E-state index contributed by atoms with van der Waals surface area (Å²) in [5.74, 6) is -16.9. The number of sulfone groups is 1. The highest BCUT2D eigenvalue weighted by Crippen LogP contribution is 2.51. The standard InChI is InChI=1S/C83H93Cl3N10O30S2/c1-31(2)18-45(89-5)74(109)95-62-64(102)34-7-15-49(43(85)20-34)120-51-22-36-23-52(71(51)125-82-69(107)67(105)72(54(30-97)123-82)126-81-68(106)66(104)65(103)53(122-81)29-90-28-39-11-17-57(127-39)128(117,118)40-12-9-37(84)10-13-40)121-50-16-8-35(21-44(50)86)70(124-56-27-83(4,88)73(108)32(3)119-56)63-79(114)94-61(80(115)116)42-24-38(98)25-48(100)58(42)41-19-33(6-14-47(41)99)59(76(111)96-63)93-77(112)60(36)92-75(110)46(26-55(87)101)91-78(62)113/h6-17,19-25,31-32,45-46,53-54,56,59-70,72-73,81-82,89-90,97-100,102-108H,18,26-30,88H2,1-5H3,(H2,87,101)(H,91,113)(H,92,110)(H,93,112)(H,94,114)(H,95,109)(H,96,111)(H,115,116)/t32-,45+,46-,53+,54+,56-,59+,60+,61+,62+,63-,64+,65-,66-,67+,68+,69+,70+,72+,73-,81+,82?,83-/m0/s1. The predicted octanol–water partition coefficient (Wildman–Crippen LogP) is 1.28. The Balaban J connectivity index is 0.956. The average Bonchev–Trinajstić information content (AvgIpc) is 0.952. The lowest BCUT2D eigenvalue weighted by Gasteiger charge is -2.46. The molecule has 0 saturated carbocycles. The zero-order chi connectivity index (χ0) is 92.7. The lowest BCUT2D eigenvalue weighted by atomic mass is 9.86. The molecule has 3 saturated heterocycles. The van der Waals surface area contributed by atoms with Crippen LogP contribution in [0.3, 0.4) is 0 Å². The highest BCUT2D eigenvalue weighted by atomic mass is 35.5. The number of carbonyl (C=O) groups is 8. The van der Waals surface area contributed by atoms with Gasteiger partial charge in [-0.1, -0.05) is 66.8 Å². The van der Waals surface area contributed by atoms with Crippen LogP contribution < -0.4 is 68.2 Å². The van der Waals surface area contributed by atoms with E-state index >= 15 is 24.0 Å². The van der Waals surface area contributed by atoms with Crippen LogP contribution in [-0.2, 0) is 78.4 Å². The Morgan fingerprint density at radius 2 is 1.29 bits per heavy atom. The second-order valence-electron chi connectivity index (χ2n) is 32.1. The molecule has 1 unspecified atom stereocenters. The second-order valence-corrected chi connectivity index (χ2v) is 36.7. The number of phenols is 3. The summed E-state index contributed by atoms with van der Waals surface area (Å²) in [5.41, 5.74) is 7.87. The first-order chi connectivity index (χ1) is 60.5. The maximum absolute atomic E-state index is 16.4. The SMILES string of the molecule is CN[C@H](CC(C)C)C(=O)N[C@H]1C(=O)N[C@@H](CC(N)=O)C(=O)N[C@H]2C(=O)N[C@H]3C(=O)N[C@H](C(=O)N[C@@H](C(=O)O)c4cc(O)cc(O)c4-c4cc3ccc4O)[C@H](O[C@H]3C[C@](C)(N)[C@@H](O)[C@H](C)O3)c3ccc(c(Cl)c3)Oc3cc2cc(c3OC2O[C@H](CO)[C@@H](O[C@H]3O[C@H](CNCc4ccc(S(=O)(=O)c5ccc(Cl)cc5)s4)[C@H](O)[C@H](O)[C@H]3O)[C@H](O)[C@H]2O)Oc2ccc(cc2Cl)[C@H]1O. The van der Waals surface area contributed by atoms with Crippen molar-refractivity contribution in [1.29, 1.82) is 0 Å². The van der Waals surface area contributed by atoms with E-state index in [-0.39, 0.29) is 52.1 Å². The maximum atomic E-state index is 16.4. The minimum atomic E-state index is -3.97. The number of phenolic OH excluding ortho intramolecular Hbond substituents is 3. The van der Waals surface area contributed by atoms with Crippen molar-refractivity contribution in [3.63, 3.8) is 0 Å². The number of primary amides is 1. The number of carbonyl (C=O) groups excluding carboxylic acids is 7. The van der Waals surface area contributed by atoms with Gasteiger partial charge in [-0.05, 0) is 146 Å². The van der Waals surface area contributed by atoms with Gasteiger partial charge in [0.25, 0.3) is 0 Å². The molecule has 24 N–H and O–H groups in total. The van der Waals surface area contributed by atoms with E-state index in [1.165, 1.54) is 69.4 Å². The molecule has 3 fully saturated rings. The van der Waals surface area contributed by atoms with Crippen LogP contribution >= 0.6 is 46.1 Å². The predicted molar refractivity (Wildman–Crippen MR) is 448 cm³/mol. The largest absolute Gasteiger partial charge is 0.508 e. The maximum Gasteiger partial charge on any atom is 0.330 e. The molecule has 1 aromatic heterocycles. The molecular formula is C83H93Cl3N10O30S2. The fraction of sp³-hybridized carbons (Fsp3) is 0.422. The molecule has 40 nitrogen and oxygen atoms in total. The van der Waals surface area contributed by atoms with Gasteiger partial charge in [-0.2, -0.15) is 0 Å². The van der Waals surface area contributed by atoms with E-state index < -0.39 is 294 Å². The van der Waals surface area contributed by atoms with Gasteiger partial charge >= 0.3 is 5.97 Å².